The summed E-state index contributed by atoms with van der Waals surface area (Å²) in [6, 6.07) is 0. The van der Waals surface area contributed by atoms with Gasteiger partial charge in [-0.05, 0) is 0 Å². The lowest BCUT2D eigenvalue weighted by Crippen LogP contribution is -2.48. The summed E-state index contributed by atoms with van der Waals surface area (Å²) in [5.74, 6) is -4.55. The van der Waals surface area contributed by atoms with E-state index in [1.165, 1.54) is 7.11 Å². The number of rotatable bonds is 12. The molecule has 5 amide bonds. The Kier molecular flexibility index (Phi) is 12.3. The highest BCUT2D eigenvalue weighted by molar-refractivity contribution is 6.03. The van der Waals surface area contributed by atoms with Crippen molar-refractivity contribution in [2.24, 2.45) is 0 Å². The maximum absolute atomic E-state index is 12.2. The summed E-state index contributed by atoms with van der Waals surface area (Å²) >= 11 is 0. The van der Waals surface area contributed by atoms with Crippen LogP contribution in [0.3, 0.4) is 0 Å². The number of hydrogen-bond donors (Lipinski definition) is 4. The van der Waals surface area contributed by atoms with Crippen LogP contribution in [0.1, 0.15) is 19.8 Å². The van der Waals surface area contributed by atoms with Gasteiger partial charge in [-0.15, -0.1) is 0 Å². The van der Waals surface area contributed by atoms with Crippen LogP contribution in [0.2, 0.25) is 0 Å². The number of methoxy groups -OCH3 is 1. The number of aliphatic hydroxyl groups is 4. The molecule has 0 rings (SSSR count). The van der Waals surface area contributed by atoms with Gasteiger partial charge >= 0.3 is 0 Å². The van der Waals surface area contributed by atoms with Gasteiger partial charge in [0.2, 0.25) is 29.5 Å². The molecule has 0 bridgehead atoms. The summed E-state index contributed by atoms with van der Waals surface area (Å²) in [6.07, 6.45) is -1.65. The lowest BCUT2D eigenvalue weighted by molar-refractivity contribution is -0.153. The molecule has 0 saturated heterocycles. The van der Waals surface area contributed by atoms with Crippen molar-refractivity contribution in [3.63, 3.8) is 0 Å². The second-order valence-electron chi connectivity index (χ2n) is 5.62. The van der Waals surface area contributed by atoms with E-state index < -0.39 is 76.0 Å². The third-order valence-corrected chi connectivity index (χ3v) is 3.62. The molecule has 0 atom stereocenters. The summed E-state index contributed by atoms with van der Waals surface area (Å²) in [6.45, 7) is -3.42. The highest BCUT2D eigenvalue weighted by Gasteiger charge is 2.27. The van der Waals surface area contributed by atoms with E-state index in [0.29, 0.717) is 14.7 Å². The monoisotopic (exact) mass is 422 g/mol. The van der Waals surface area contributed by atoms with Crippen LogP contribution in [0.5, 0.6) is 0 Å². The fourth-order valence-electron chi connectivity index (χ4n) is 2.00. The molecule has 0 heterocycles. The zero-order chi connectivity index (χ0) is 22.6. The minimum Gasteiger partial charge on any atom is -0.376 e. The van der Waals surface area contributed by atoms with E-state index in [1.54, 1.807) is 0 Å². The summed E-state index contributed by atoms with van der Waals surface area (Å²) < 4.78 is 4.69. The van der Waals surface area contributed by atoms with Crippen LogP contribution >= 0.6 is 0 Å². The first-order valence-electron chi connectivity index (χ1n) is 8.23. The predicted molar refractivity (Wildman–Crippen MR) is 92.4 cm³/mol. The topological polar surface area (TPSA) is 188 Å². The maximum atomic E-state index is 12.2. The van der Waals surface area contributed by atoms with Crippen LogP contribution in [0.4, 0.5) is 0 Å². The summed E-state index contributed by atoms with van der Waals surface area (Å²) in [5, 5.41) is 36.7. The van der Waals surface area contributed by atoms with E-state index in [2.05, 4.69) is 4.74 Å². The molecular weight excluding hydrogens is 396 g/mol. The van der Waals surface area contributed by atoms with Gasteiger partial charge in [-0.25, -0.2) is 0 Å². The van der Waals surface area contributed by atoms with Crippen LogP contribution in [0, 0.1) is 0 Å². The molecule has 0 aliphatic carbocycles. The second-order valence-corrected chi connectivity index (χ2v) is 5.62. The number of carbonyl (C=O) groups excluding carboxylic acids is 5. The Hall–Kier alpha value is -2.65. The zero-order valence-electron chi connectivity index (χ0n) is 16.2. The largest absolute Gasteiger partial charge is 0.376 e. The average molecular weight is 422 g/mol. The first-order valence-corrected chi connectivity index (χ1v) is 8.23. The van der Waals surface area contributed by atoms with Gasteiger partial charge in [0.1, 0.15) is 53.2 Å². The summed E-state index contributed by atoms with van der Waals surface area (Å²) in [4.78, 5) is 61.8. The lowest BCUT2D eigenvalue weighted by atomic mass is 10.3. The smallest absolute Gasteiger partial charge is 0.240 e. The Balaban J connectivity index is 5.02. The molecule has 0 aromatic heterocycles. The van der Waals surface area contributed by atoms with Crippen LogP contribution < -0.4 is 0 Å². The standard InChI is InChI=1S/C15H26N4O10/c1-11(24)19(9-23)15(28)4-13(26)17(7-21)5-16(6-20)12(25)3-14(27)18(8-22)10-29-2/h20-23H,3-10H2,1-2H3. The fourth-order valence-corrected chi connectivity index (χ4v) is 2.00. The number of carbonyl (C=O) groups is 5. The maximum Gasteiger partial charge on any atom is 0.240 e. The van der Waals surface area contributed by atoms with Crippen LogP contribution in [-0.2, 0) is 28.7 Å². The Morgan fingerprint density at radius 2 is 1.10 bits per heavy atom. The quantitative estimate of drug-likeness (QED) is 0.178. The van der Waals surface area contributed by atoms with E-state index in [9.17, 15) is 34.2 Å². The molecule has 4 N–H and O–H groups in total. The van der Waals surface area contributed by atoms with E-state index in [4.69, 9.17) is 10.2 Å². The Morgan fingerprint density at radius 1 is 0.690 bits per heavy atom. The zero-order valence-corrected chi connectivity index (χ0v) is 16.2. The molecule has 0 aromatic carbocycles. The highest BCUT2D eigenvalue weighted by atomic mass is 16.5. The molecule has 14 nitrogen and oxygen atoms in total. The second kappa shape index (κ2) is 13.5. The van der Waals surface area contributed by atoms with Gasteiger partial charge in [0.05, 0.1) is 0 Å². The van der Waals surface area contributed by atoms with E-state index in [-0.39, 0.29) is 6.73 Å². The molecule has 29 heavy (non-hydrogen) atoms. The number of imide groups is 1. The van der Waals surface area contributed by atoms with Crippen LogP contribution in [-0.4, -0.2) is 117 Å². The van der Waals surface area contributed by atoms with Gasteiger partial charge in [-0.2, -0.15) is 0 Å². The van der Waals surface area contributed by atoms with Crippen molar-refractivity contribution < 1.29 is 49.1 Å². The first kappa shape index (κ1) is 26.3. The molecule has 0 spiro atoms. The van der Waals surface area contributed by atoms with Crippen molar-refractivity contribution in [3.8, 4) is 0 Å². The van der Waals surface area contributed by atoms with Crippen molar-refractivity contribution in [1.82, 2.24) is 19.6 Å². The minimum absolute atomic E-state index is 0.275. The van der Waals surface area contributed by atoms with Crippen LogP contribution in [0.25, 0.3) is 0 Å². The van der Waals surface area contributed by atoms with E-state index in [1.807, 2.05) is 0 Å². The minimum atomic E-state index is -1.03. The summed E-state index contributed by atoms with van der Waals surface area (Å²) in [5.41, 5.74) is 0. The molecule has 0 aliphatic heterocycles. The predicted octanol–water partition coefficient (Wildman–Crippen LogP) is -4.01. The third kappa shape index (κ3) is 8.49. The average Bonchev–Trinajstić information content (AvgIpc) is 2.66. The third-order valence-electron chi connectivity index (χ3n) is 3.62. The number of hydrogen-bond acceptors (Lipinski definition) is 10. The number of nitrogens with zero attached hydrogens (tertiary/aromatic N) is 4. The normalized spacial score (nSPS) is 10.3. The molecule has 14 heteroatoms. The van der Waals surface area contributed by atoms with Crippen molar-refractivity contribution in [3.05, 3.63) is 0 Å². The van der Waals surface area contributed by atoms with Crippen molar-refractivity contribution >= 4 is 29.5 Å². The molecule has 0 aliphatic rings. The molecule has 0 fully saturated rings. The summed E-state index contributed by atoms with van der Waals surface area (Å²) in [7, 11) is 1.27. The Bertz CT molecular complexity index is 600. The molecule has 0 aromatic rings. The molecule has 0 unspecified atom stereocenters. The van der Waals surface area contributed by atoms with Gasteiger partial charge in [-0.1, -0.05) is 0 Å². The Morgan fingerprint density at radius 3 is 1.45 bits per heavy atom. The molecule has 166 valence electrons. The van der Waals surface area contributed by atoms with Gasteiger partial charge < -0.3 is 35.0 Å². The molecular formula is C15H26N4O10. The Labute approximate surface area is 166 Å². The number of amides is 5. The van der Waals surface area contributed by atoms with Gasteiger partial charge in [0.15, 0.2) is 0 Å². The number of ether oxygens (including phenoxy) is 1. The van der Waals surface area contributed by atoms with Crippen molar-refractivity contribution in [2.75, 3.05) is 47.4 Å². The van der Waals surface area contributed by atoms with Crippen LogP contribution in [0.15, 0.2) is 0 Å². The highest BCUT2D eigenvalue weighted by Crippen LogP contribution is 2.04. The number of aliphatic hydroxyl groups excluding tert-OH is 4. The van der Waals surface area contributed by atoms with Gasteiger partial charge in [0.25, 0.3) is 0 Å². The van der Waals surface area contributed by atoms with E-state index >= 15 is 0 Å². The van der Waals surface area contributed by atoms with Gasteiger partial charge in [0, 0.05) is 14.0 Å². The van der Waals surface area contributed by atoms with Gasteiger partial charge in [-0.3, -0.25) is 33.8 Å². The van der Waals surface area contributed by atoms with E-state index in [0.717, 1.165) is 11.8 Å². The molecule has 0 saturated carbocycles. The van der Waals surface area contributed by atoms with Crippen molar-refractivity contribution in [1.29, 1.82) is 0 Å². The first-order chi connectivity index (χ1) is 13.7. The lowest BCUT2D eigenvalue weighted by Gasteiger charge is -2.28. The van der Waals surface area contributed by atoms with Crippen molar-refractivity contribution in [2.45, 2.75) is 19.8 Å². The molecule has 0 radical (unpaired) electrons. The fraction of sp³-hybridized carbons (Fsp3) is 0.667. The SMILES string of the molecule is COCN(CO)C(=O)CC(=O)N(CO)CN(CO)C(=O)CC(=O)N(CO)C(C)=O.